The van der Waals surface area contributed by atoms with Crippen LogP contribution in [0.3, 0.4) is 0 Å². The monoisotopic (exact) mass is 1410 g/mol. The second kappa shape index (κ2) is 34.4. The number of phenols is 1. The normalized spacial score (nSPS) is 10.4. The molecule has 0 radical (unpaired) electrons. The number of rotatable bonds is 16. The lowest BCUT2D eigenvalue weighted by Gasteiger charge is -2.11. The molecule has 0 aliphatic rings. The zero-order valence-corrected chi connectivity index (χ0v) is 53.5. The summed E-state index contributed by atoms with van der Waals surface area (Å²) in [6, 6.07) is 68.3. The van der Waals surface area contributed by atoms with Gasteiger partial charge in [0, 0.05) is 14.3 Å². The van der Waals surface area contributed by atoms with Crippen LogP contribution in [0.25, 0.3) is 22.3 Å². The molecule has 21 heteroatoms. The molecule has 3 N–H and O–H groups in total. The van der Waals surface area contributed by atoms with Crippen LogP contribution in [0.5, 0.6) is 17.2 Å². The van der Waals surface area contributed by atoms with E-state index in [1.807, 2.05) is 133 Å². The van der Waals surface area contributed by atoms with Gasteiger partial charge in [0.25, 0.3) is 0 Å². The van der Waals surface area contributed by atoms with E-state index in [1.165, 1.54) is 36.2 Å². The summed E-state index contributed by atoms with van der Waals surface area (Å²) < 4.78 is 19.0. The Morgan fingerprint density at radius 3 is 1.20 bits per heavy atom. The molecule has 9 aromatic carbocycles. The minimum atomic E-state index is -1.52. The number of aromatic nitrogens is 9. The minimum Gasteiger partial charge on any atom is -0.506 e. The van der Waals surface area contributed by atoms with Gasteiger partial charge in [-0.3, -0.25) is 0 Å². The molecule has 0 aliphatic heterocycles. The van der Waals surface area contributed by atoms with Crippen molar-refractivity contribution in [1.82, 2.24) is 44.3 Å². The van der Waals surface area contributed by atoms with Crippen molar-refractivity contribution in [2.75, 3.05) is 0 Å². The summed E-state index contributed by atoms with van der Waals surface area (Å²) in [5.74, 6) is 1.29. The first-order valence-electron chi connectivity index (χ1n) is 26.8. The van der Waals surface area contributed by atoms with Gasteiger partial charge in [0.05, 0.1) is 34.7 Å². The molecule has 440 valence electrons. The second-order valence-corrected chi connectivity index (χ2v) is 22.6. The van der Waals surface area contributed by atoms with Gasteiger partial charge in [-0.1, -0.05) is 222 Å². The number of aromatic hydroxyl groups is 1. The molecule has 87 heavy (non-hydrogen) atoms. The zero-order valence-electron chi connectivity index (χ0n) is 46.4. The summed E-state index contributed by atoms with van der Waals surface area (Å²) in [7, 11) is -1.52. The van der Waals surface area contributed by atoms with Crippen LogP contribution in [-0.2, 0) is 38.2 Å². The van der Waals surface area contributed by atoms with Crippen LogP contribution in [0.15, 0.2) is 259 Å². The maximum atomic E-state index is 9.47. The predicted octanol–water partition coefficient (Wildman–Crippen LogP) is 15.6. The van der Waals surface area contributed by atoms with Gasteiger partial charge >= 0.3 is 7.12 Å². The Balaban J connectivity index is 0.000000147. The zero-order chi connectivity index (χ0) is 61.2. The Hall–Kier alpha value is -7.91. The van der Waals surface area contributed by atoms with Gasteiger partial charge in [-0.25, -0.2) is 29.0 Å². The quantitative estimate of drug-likeness (QED) is 0.0621. The lowest BCUT2D eigenvalue weighted by molar-refractivity contribution is 0.306. The van der Waals surface area contributed by atoms with Gasteiger partial charge in [0.15, 0.2) is 0 Å². The lowest BCUT2D eigenvalue weighted by Crippen LogP contribution is -2.29. The molecule has 0 saturated carbocycles. The number of hydrogen-bond acceptors (Lipinski definition) is 11. The molecule has 0 atom stereocenters. The summed E-state index contributed by atoms with van der Waals surface area (Å²) in [6.45, 7) is 3.02. The number of ether oxygens (including phenoxy) is 2. The van der Waals surface area contributed by atoms with Gasteiger partial charge < -0.3 is 24.6 Å². The van der Waals surface area contributed by atoms with E-state index >= 15 is 0 Å². The average Bonchev–Trinajstić information content (AvgIpc) is 4.39. The first-order valence-corrected chi connectivity index (χ1v) is 30.7. The molecule has 0 aliphatic carbocycles. The first kappa shape index (κ1) is 65.1. The standard InChI is InChI=1S/C22H18ClN3O.C15H12ClN3O.C13H12BClO3.C9H8BrN3.C7H6Br2/c23-21-12-20(9-10-22(21)27-14-17-5-2-1-3-6-17)19-8-4-7-18(11-19)13-26-16-24-15-25-26;16-14-7-13(4-5-15(14)20)12-3-1-2-11(6-12)8-19-10-17-9-18-19;15-12-8-11(14(16)17)6-7-13(12)18-9-10-4-2-1-3-5-10;10-9-3-1-2-8(4-9)5-13-7-11-6-12-13;8-5-6-2-1-3-7(9)4-6/h1-12,15-16H,13-14H2;1-7,9-10,20H,8H2;1-8,16-17H,9H2;1-4,6-7H,5H2;1-4H,5H2. The summed E-state index contributed by atoms with van der Waals surface area (Å²) in [5.41, 5.74) is 11.4. The van der Waals surface area contributed by atoms with Crippen LogP contribution < -0.4 is 14.9 Å². The first-order chi connectivity index (χ1) is 42.3. The van der Waals surface area contributed by atoms with Crippen molar-refractivity contribution in [2.24, 2.45) is 0 Å². The van der Waals surface area contributed by atoms with Crippen molar-refractivity contribution in [1.29, 1.82) is 0 Å². The molecular weight excluding hydrogens is 1360 g/mol. The highest BCUT2D eigenvalue weighted by atomic mass is 79.9. The van der Waals surface area contributed by atoms with Crippen LogP contribution in [0.1, 0.15) is 33.4 Å². The van der Waals surface area contributed by atoms with E-state index in [0.29, 0.717) is 58.3 Å². The Kier molecular flexibility index (Phi) is 25.8. The highest BCUT2D eigenvalue weighted by molar-refractivity contribution is 9.10. The SMILES string of the molecule is BrCc1cccc(Br)c1.Brc1cccc(Cn2cncn2)c1.Clc1cc(-c2cccc(Cn3cncn3)c2)ccc1OCc1ccccc1.OB(O)c1ccc(OCc2ccccc2)c(Cl)c1.Oc1ccc(-c2cccc(Cn3cncn3)c2)cc1Cl. The van der Waals surface area contributed by atoms with E-state index in [4.69, 9.17) is 54.3 Å². The Morgan fingerprint density at radius 2 is 0.793 bits per heavy atom. The third-order valence-electron chi connectivity index (χ3n) is 12.5. The molecule has 0 fully saturated rings. The van der Waals surface area contributed by atoms with Gasteiger partial charge in [-0.15, -0.1) is 0 Å². The minimum absolute atomic E-state index is 0.0918. The third kappa shape index (κ3) is 21.8. The van der Waals surface area contributed by atoms with Crippen molar-refractivity contribution in [3.63, 3.8) is 0 Å². The second-order valence-electron chi connectivity index (χ2n) is 19.0. The van der Waals surface area contributed by atoms with Crippen molar-refractivity contribution in [3.05, 3.63) is 308 Å². The van der Waals surface area contributed by atoms with Crippen LogP contribution in [0, 0.1) is 0 Å². The molecule has 12 aromatic rings. The summed E-state index contributed by atoms with van der Waals surface area (Å²) in [6.07, 6.45) is 9.70. The topological polar surface area (TPSA) is 171 Å². The molecule has 3 aromatic heterocycles. The van der Waals surface area contributed by atoms with Gasteiger partial charge in [-0.2, -0.15) is 15.3 Å². The smallest absolute Gasteiger partial charge is 0.488 e. The predicted molar refractivity (Wildman–Crippen MR) is 357 cm³/mol. The molecule has 0 bridgehead atoms. The van der Waals surface area contributed by atoms with Crippen LogP contribution in [0.4, 0.5) is 0 Å². The molecule has 12 rings (SSSR count). The Morgan fingerprint density at radius 1 is 0.402 bits per heavy atom. The van der Waals surface area contributed by atoms with E-state index in [9.17, 15) is 5.11 Å². The Bertz CT molecular complexity index is 3990. The molecule has 0 saturated heterocycles. The molecule has 0 unspecified atom stereocenters. The molecule has 3 heterocycles. The Labute approximate surface area is 545 Å². The van der Waals surface area contributed by atoms with Crippen molar-refractivity contribution in [3.8, 4) is 39.5 Å². The van der Waals surface area contributed by atoms with E-state index in [1.54, 1.807) is 57.3 Å². The van der Waals surface area contributed by atoms with Gasteiger partial charge in [-0.05, 0) is 134 Å². The number of halogens is 6. The lowest BCUT2D eigenvalue weighted by atomic mass is 9.80. The highest BCUT2D eigenvalue weighted by Crippen LogP contribution is 2.33. The van der Waals surface area contributed by atoms with Crippen LogP contribution in [-0.4, -0.2) is 66.6 Å². The summed E-state index contributed by atoms with van der Waals surface area (Å²) in [5, 5.41) is 42.0. The molecule has 0 spiro atoms. The fourth-order valence-electron chi connectivity index (χ4n) is 8.21. The number of hydrogen-bond donors (Lipinski definition) is 3. The van der Waals surface area contributed by atoms with Crippen molar-refractivity contribution < 1.29 is 24.6 Å². The molecular formula is C66H56BBr3Cl3N9O5. The number of phenolic OH excluding ortho intramolecular Hbond substituents is 1. The van der Waals surface area contributed by atoms with E-state index in [2.05, 4.69) is 127 Å². The summed E-state index contributed by atoms with van der Waals surface area (Å²) in [4.78, 5) is 11.8. The average molecular weight is 1410 g/mol. The fraction of sp³-hybridized carbons (Fsp3) is 0.0909. The fourth-order valence-corrected chi connectivity index (χ4v) is 10.1. The maximum absolute atomic E-state index is 9.47. The van der Waals surface area contributed by atoms with Gasteiger partial charge in [0.1, 0.15) is 68.4 Å². The van der Waals surface area contributed by atoms with Crippen LogP contribution in [0.2, 0.25) is 15.1 Å². The van der Waals surface area contributed by atoms with Crippen molar-refractivity contribution >= 4 is 95.2 Å². The van der Waals surface area contributed by atoms with E-state index in [0.717, 1.165) is 65.3 Å². The number of nitrogens with zero attached hydrogens (tertiary/aromatic N) is 9. The largest absolute Gasteiger partial charge is 0.506 e. The third-order valence-corrected chi connectivity index (χ3v) is 15.0. The maximum Gasteiger partial charge on any atom is 0.488 e. The molecule has 0 amide bonds. The van der Waals surface area contributed by atoms with Crippen molar-refractivity contribution in [2.45, 2.75) is 38.2 Å². The number of benzene rings is 9. The highest BCUT2D eigenvalue weighted by Gasteiger charge is 2.14. The number of alkyl halides is 1. The van der Waals surface area contributed by atoms with E-state index < -0.39 is 7.12 Å². The summed E-state index contributed by atoms with van der Waals surface area (Å²) >= 11 is 28.6. The van der Waals surface area contributed by atoms with Crippen LogP contribution >= 0.6 is 82.6 Å². The van der Waals surface area contributed by atoms with Gasteiger partial charge in [0.2, 0.25) is 0 Å². The van der Waals surface area contributed by atoms with E-state index in [-0.39, 0.29) is 5.75 Å². The molecule has 14 nitrogen and oxygen atoms in total.